The summed E-state index contributed by atoms with van der Waals surface area (Å²) >= 11 is 1.38. The molecule has 0 aliphatic carbocycles. The zero-order valence-corrected chi connectivity index (χ0v) is 12.2. The first-order valence-electron chi connectivity index (χ1n) is 6.47. The zero-order valence-electron chi connectivity index (χ0n) is 11.4. The van der Waals surface area contributed by atoms with Crippen LogP contribution in [0.1, 0.15) is 32.9 Å². The molecule has 0 spiro atoms. The molecule has 2 aromatic heterocycles. The number of H-pyrrole nitrogens is 1. The number of nitrogens with zero attached hydrogens (tertiary/aromatic N) is 3. The number of ether oxygens (including phenoxy) is 1. The maximum Gasteiger partial charge on any atom is 0.266 e. The third-order valence-corrected chi connectivity index (χ3v) is 4.28. The fraction of sp³-hybridized carbons (Fsp3) is 0.462. The highest BCUT2D eigenvalue weighted by molar-refractivity contribution is 7.11. The maximum absolute atomic E-state index is 12.7. The molecule has 1 amide bonds. The van der Waals surface area contributed by atoms with Gasteiger partial charge in [-0.25, -0.2) is 9.97 Å². The summed E-state index contributed by atoms with van der Waals surface area (Å²) in [6.07, 6.45) is 1.77. The average Bonchev–Trinajstić information content (AvgIpc) is 3.07. The number of aromatic amines is 1. The largest absolute Gasteiger partial charge is 0.377 e. The van der Waals surface area contributed by atoms with Crippen molar-refractivity contribution >= 4 is 17.2 Å². The smallest absolute Gasteiger partial charge is 0.266 e. The molecule has 6 nitrogen and oxygen atoms in total. The van der Waals surface area contributed by atoms with Gasteiger partial charge in [0.05, 0.1) is 24.4 Å². The van der Waals surface area contributed by atoms with Gasteiger partial charge >= 0.3 is 0 Å². The number of hydrogen-bond donors (Lipinski definition) is 1. The van der Waals surface area contributed by atoms with Gasteiger partial charge in [0.1, 0.15) is 16.7 Å². The van der Waals surface area contributed by atoms with Crippen LogP contribution in [0.3, 0.4) is 0 Å². The lowest BCUT2D eigenvalue weighted by atomic mass is 10.2. The van der Waals surface area contributed by atoms with Gasteiger partial charge < -0.3 is 14.6 Å². The van der Waals surface area contributed by atoms with Crippen LogP contribution in [0.2, 0.25) is 0 Å². The molecule has 1 aliphatic rings. The normalized spacial score (nSPS) is 19.3. The van der Waals surface area contributed by atoms with Crippen molar-refractivity contribution in [2.45, 2.75) is 19.9 Å². The highest BCUT2D eigenvalue weighted by atomic mass is 32.1. The van der Waals surface area contributed by atoms with E-state index in [1.54, 1.807) is 11.7 Å². The SMILES string of the molecule is Cc1cnc([C@H]2COCCN2C(=O)c2scnc2C)[nH]1. The predicted molar refractivity (Wildman–Crippen MR) is 74.8 cm³/mol. The van der Waals surface area contributed by atoms with Crippen molar-refractivity contribution in [1.82, 2.24) is 19.9 Å². The van der Waals surface area contributed by atoms with Crippen LogP contribution in [0.15, 0.2) is 11.7 Å². The van der Waals surface area contributed by atoms with Crippen molar-refractivity contribution in [3.8, 4) is 0 Å². The molecule has 0 bridgehead atoms. The van der Waals surface area contributed by atoms with E-state index in [9.17, 15) is 4.79 Å². The van der Waals surface area contributed by atoms with Crippen molar-refractivity contribution < 1.29 is 9.53 Å². The Balaban J connectivity index is 1.89. The van der Waals surface area contributed by atoms with E-state index in [-0.39, 0.29) is 11.9 Å². The summed E-state index contributed by atoms with van der Waals surface area (Å²) in [6, 6.07) is -0.161. The molecule has 0 saturated carbocycles. The van der Waals surface area contributed by atoms with Gasteiger partial charge in [-0.05, 0) is 13.8 Å². The molecule has 3 heterocycles. The molecule has 20 heavy (non-hydrogen) atoms. The van der Waals surface area contributed by atoms with Crippen LogP contribution in [0.4, 0.5) is 0 Å². The lowest BCUT2D eigenvalue weighted by Crippen LogP contribution is -2.43. The molecule has 2 aromatic rings. The fourth-order valence-electron chi connectivity index (χ4n) is 2.31. The molecule has 0 unspecified atom stereocenters. The second-order valence-electron chi connectivity index (χ2n) is 4.81. The van der Waals surface area contributed by atoms with E-state index in [1.807, 2.05) is 18.7 Å². The minimum Gasteiger partial charge on any atom is -0.377 e. The van der Waals surface area contributed by atoms with Gasteiger partial charge in [-0.2, -0.15) is 0 Å². The van der Waals surface area contributed by atoms with Gasteiger partial charge in [0.2, 0.25) is 0 Å². The molecule has 0 aromatic carbocycles. The lowest BCUT2D eigenvalue weighted by molar-refractivity contribution is -0.00480. The molecule has 106 valence electrons. The number of rotatable bonds is 2. The Morgan fingerprint density at radius 1 is 1.50 bits per heavy atom. The second kappa shape index (κ2) is 5.34. The Hall–Kier alpha value is -1.73. The average molecular weight is 292 g/mol. The van der Waals surface area contributed by atoms with Crippen LogP contribution in [0.5, 0.6) is 0 Å². The second-order valence-corrected chi connectivity index (χ2v) is 5.66. The van der Waals surface area contributed by atoms with Crippen LogP contribution in [-0.4, -0.2) is 45.5 Å². The van der Waals surface area contributed by atoms with Crippen LogP contribution in [0, 0.1) is 13.8 Å². The molecular weight excluding hydrogens is 276 g/mol. The zero-order chi connectivity index (χ0) is 14.1. The van der Waals surface area contributed by atoms with Gasteiger partial charge in [-0.3, -0.25) is 4.79 Å². The van der Waals surface area contributed by atoms with Crippen molar-refractivity contribution in [3.05, 3.63) is 33.8 Å². The Morgan fingerprint density at radius 2 is 2.35 bits per heavy atom. The van der Waals surface area contributed by atoms with E-state index in [4.69, 9.17) is 4.74 Å². The highest BCUT2D eigenvalue weighted by Crippen LogP contribution is 2.26. The number of aryl methyl sites for hydroxylation is 2. The van der Waals surface area contributed by atoms with Gasteiger partial charge in [0.15, 0.2) is 0 Å². The van der Waals surface area contributed by atoms with Crippen LogP contribution < -0.4 is 0 Å². The minimum atomic E-state index is -0.161. The molecule has 7 heteroatoms. The first kappa shape index (κ1) is 13.3. The van der Waals surface area contributed by atoms with Crippen LogP contribution in [-0.2, 0) is 4.74 Å². The van der Waals surface area contributed by atoms with Gasteiger partial charge in [-0.15, -0.1) is 11.3 Å². The number of carbonyl (C=O) groups is 1. The van der Waals surface area contributed by atoms with Crippen molar-refractivity contribution in [2.75, 3.05) is 19.8 Å². The first-order chi connectivity index (χ1) is 9.66. The molecule has 1 fully saturated rings. The summed E-state index contributed by atoms with van der Waals surface area (Å²) in [6.45, 7) is 5.40. The van der Waals surface area contributed by atoms with Crippen LogP contribution in [0.25, 0.3) is 0 Å². The number of aromatic nitrogens is 3. The quantitative estimate of drug-likeness (QED) is 0.914. The summed E-state index contributed by atoms with van der Waals surface area (Å²) in [5.74, 6) is 0.782. The maximum atomic E-state index is 12.7. The lowest BCUT2D eigenvalue weighted by Gasteiger charge is -2.34. The number of imidazole rings is 1. The van der Waals surface area contributed by atoms with E-state index < -0.39 is 0 Å². The highest BCUT2D eigenvalue weighted by Gasteiger charge is 2.32. The number of hydrogen-bond acceptors (Lipinski definition) is 5. The third-order valence-electron chi connectivity index (χ3n) is 3.37. The monoisotopic (exact) mass is 292 g/mol. The number of morpholine rings is 1. The molecule has 1 aliphatic heterocycles. The van der Waals surface area contributed by atoms with E-state index in [0.717, 1.165) is 17.2 Å². The number of thiazole rings is 1. The predicted octanol–water partition coefficient (Wildman–Crippen LogP) is 1.70. The summed E-state index contributed by atoms with van der Waals surface area (Å²) in [4.78, 5) is 26.9. The molecule has 1 saturated heterocycles. The Morgan fingerprint density at radius 3 is 3.00 bits per heavy atom. The summed E-state index contributed by atoms with van der Waals surface area (Å²) in [5.41, 5.74) is 3.46. The summed E-state index contributed by atoms with van der Waals surface area (Å²) < 4.78 is 5.51. The van der Waals surface area contributed by atoms with Gasteiger partial charge in [0, 0.05) is 18.4 Å². The van der Waals surface area contributed by atoms with Crippen molar-refractivity contribution in [3.63, 3.8) is 0 Å². The summed E-state index contributed by atoms with van der Waals surface area (Å²) in [5, 5.41) is 0. The number of amides is 1. The fourth-order valence-corrected chi connectivity index (χ4v) is 3.07. The molecular formula is C13H16N4O2S. The standard InChI is InChI=1S/C13H16N4O2S/c1-8-5-14-12(16-8)10-6-19-4-3-17(10)13(18)11-9(2)15-7-20-11/h5,7,10H,3-4,6H2,1-2H3,(H,14,16)/t10-/m1/s1. The summed E-state index contributed by atoms with van der Waals surface area (Å²) in [7, 11) is 0. The van der Waals surface area contributed by atoms with Crippen molar-refractivity contribution in [2.24, 2.45) is 0 Å². The van der Waals surface area contributed by atoms with Gasteiger partial charge in [-0.1, -0.05) is 0 Å². The first-order valence-corrected chi connectivity index (χ1v) is 7.35. The van der Waals surface area contributed by atoms with E-state index in [2.05, 4.69) is 15.0 Å². The minimum absolute atomic E-state index is 0.00681. The van der Waals surface area contributed by atoms with E-state index >= 15 is 0 Å². The number of nitrogens with one attached hydrogen (secondary N) is 1. The topological polar surface area (TPSA) is 71.1 Å². The number of carbonyl (C=O) groups excluding carboxylic acids is 1. The van der Waals surface area contributed by atoms with Crippen molar-refractivity contribution in [1.29, 1.82) is 0 Å². The third kappa shape index (κ3) is 2.34. The molecule has 1 atom stereocenters. The van der Waals surface area contributed by atoms with Gasteiger partial charge in [0.25, 0.3) is 5.91 Å². The Bertz CT molecular complexity index is 621. The van der Waals surface area contributed by atoms with E-state index in [1.165, 1.54) is 11.3 Å². The molecule has 3 rings (SSSR count). The van der Waals surface area contributed by atoms with Crippen LogP contribution >= 0.6 is 11.3 Å². The Kier molecular flexibility index (Phi) is 3.54. The molecule has 0 radical (unpaired) electrons. The molecule has 1 N–H and O–H groups in total. The Labute approximate surface area is 120 Å². The van der Waals surface area contributed by atoms with E-state index in [0.29, 0.717) is 24.6 Å².